The fourth-order valence-corrected chi connectivity index (χ4v) is 3.84. The third-order valence-electron chi connectivity index (χ3n) is 4.30. The fraction of sp³-hybridized carbons (Fsp3) is 0.158. The van der Waals surface area contributed by atoms with Crippen molar-refractivity contribution in [3.05, 3.63) is 75.8 Å². The van der Waals surface area contributed by atoms with E-state index in [2.05, 4.69) is 0 Å². The third kappa shape index (κ3) is 3.56. The van der Waals surface area contributed by atoms with Gasteiger partial charge in [0.05, 0.1) is 16.6 Å². The predicted octanol–water partition coefficient (Wildman–Crippen LogP) is 4.30. The summed E-state index contributed by atoms with van der Waals surface area (Å²) in [4.78, 5) is 10.4. The smallest absolute Gasteiger partial charge is 0.401 e. The lowest BCUT2D eigenvalue weighted by Gasteiger charge is -2.20. The first-order valence-electron chi connectivity index (χ1n) is 8.11. The first kappa shape index (κ1) is 18.7. The number of hydrogen-bond donors (Lipinski definition) is 0. The van der Waals surface area contributed by atoms with E-state index in [1.54, 1.807) is 42.5 Å². The van der Waals surface area contributed by atoms with Gasteiger partial charge in [0.2, 0.25) is 0 Å². The van der Waals surface area contributed by atoms with Crippen molar-refractivity contribution in [2.24, 2.45) is 0 Å². The van der Waals surface area contributed by atoms with Crippen LogP contribution in [0.15, 0.2) is 63.9 Å². The van der Waals surface area contributed by atoms with Gasteiger partial charge in [0.15, 0.2) is 0 Å². The van der Waals surface area contributed by atoms with Gasteiger partial charge in [0.25, 0.3) is 10.0 Å². The maximum absolute atomic E-state index is 12.9. The molecule has 8 heteroatoms. The Labute approximate surface area is 157 Å². The van der Waals surface area contributed by atoms with Gasteiger partial charge in [-0.1, -0.05) is 23.8 Å². The van der Waals surface area contributed by atoms with Gasteiger partial charge >= 0.3 is 5.88 Å². The number of aryl methyl sites for hydroxylation is 2. The second kappa shape index (κ2) is 6.88. The molecule has 27 heavy (non-hydrogen) atoms. The zero-order chi connectivity index (χ0) is 19.8. The molecule has 1 aromatic heterocycles. The molecule has 0 N–H and O–H groups in total. The highest BCUT2D eigenvalue weighted by molar-refractivity contribution is 7.92. The average Bonchev–Trinajstić information content (AvgIpc) is 3.12. The van der Waals surface area contributed by atoms with Crippen molar-refractivity contribution in [3.63, 3.8) is 0 Å². The van der Waals surface area contributed by atoms with Gasteiger partial charge in [-0.25, -0.2) is 8.42 Å². The third-order valence-corrected chi connectivity index (χ3v) is 6.10. The van der Waals surface area contributed by atoms with Crippen LogP contribution in [0.5, 0.6) is 0 Å². The van der Waals surface area contributed by atoms with Crippen molar-refractivity contribution in [2.45, 2.75) is 18.7 Å². The van der Waals surface area contributed by atoms with Crippen LogP contribution in [0.25, 0.3) is 11.3 Å². The van der Waals surface area contributed by atoms with Crippen LogP contribution in [-0.2, 0) is 10.0 Å². The standard InChI is InChI=1S/C19H18N2O5S/c1-13-4-8-16(9-5-13)27(24,25)20(3)15-7-6-14(2)17(12-15)18-10-11-19(26-18)21(22)23/h4-12H,1-3H3. The number of rotatable bonds is 5. The topological polar surface area (TPSA) is 93.7 Å². The van der Waals surface area contributed by atoms with Gasteiger partial charge in [0.1, 0.15) is 10.7 Å². The van der Waals surface area contributed by atoms with E-state index >= 15 is 0 Å². The van der Waals surface area contributed by atoms with Crippen LogP contribution in [0.3, 0.4) is 0 Å². The molecule has 0 saturated heterocycles. The summed E-state index contributed by atoms with van der Waals surface area (Å²) in [6.07, 6.45) is 0. The van der Waals surface area contributed by atoms with Gasteiger partial charge in [-0.3, -0.25) is 14.4 Å². The fourth-order valence-electron chi connectivity index (χ4n) is 2.65. The van der Waals surface area contributed by atoms with Crippen LogP contribution in [0.2, 0.25) is 0 Å². The van der Waals surface area contributed by atoms with E-state index in [0.29, 0.717) is 17.0 Å². The molecule has 0 saturated carbocycles. The summed E-state index contributed by atoms with van der Waals surface area (Å²) in [5, 5.41) is 10.8. The molecule has 140 valence electrons. The summed E-state index contributed by atoms with van der Waals surface area (Å²) >= 11 is 0. The Bertz CT molecular complexity index is 1100. The molecule has 0 amide bonds. The molecule has 0 aliphatic carbocycles. The van der Waals surface area contributed by atoms with Crippen LogP contribution in [0.4, 0.5) is 11.6 Å². The minimum Gasteiger partial charge on any atom is -0.401 e. The Morgan fingerprint density at radius 2 is 1.67 bits per heavy atom. The minimum atomic E-state index is -3.73. The van der Waals surface area contributed by atoms with E-state index < -0.39 is 14.9 Å². The number of sulfonamides is 1. The average molecular weight is 386 g/mol. The highest BCUT2D eigenvalue weighted by Gasteiger charge is 2.22. The Kier molecular flexibility index (Phi) is 4.75. The summed E-state index contributed by atoms with van der Waals surface area (Å²) < 4.78 is 32.2. The highest BCUT2D eigenvalue weighted by Crippen LogP contribution is 2.33. The quantitative estimate of drug-likeness (QED) is 0.481. The molecule has 0 unspecified atom stereocenters. The van der Waals surface area contributed by atoms with E-state index in [1.165, 1.54) is 23.5 Å². The number of benzene rings is 2. The number of anilines is 1. The molecule has 0 aliphatic heterocycles. The zero-order valence-electron chi connectivity index (χ0n) is 15.0. The van der Waals surface area contributed by atoms with Crippen LogP contribution in [-0.4, -0.2) is 20.4 Å². The Morgan fingerprint density at radius 1 is 1.00 bits per heavy atom. The molecule has 3 rings (SSSR count). The highest BCUT2D eigenvalue weighted by atomic mass is 32.2. The summed E-state index contributed by atoms with van der Waals surface area (Å²) in [5.41, 5.74) is 2.79. The van der Waals surface area contributed by atoms with Gasteiger partial charge in [-0.15, -0.1) is 0 Å². The minimum absolute atomic E-state index is 0.186. The second-order valence-electron chi connectivity index (χ2n) is 6.18. The molecular formula is C19H18N2O5S. The molecular weight excluding hydrogens is 368 g/mol. The number of nitrogens with zero attached hydrogens (tertiary/aromatic N) is 2. The lowest BCUT2D eigenvalue weighted by Crippen LogP contribution is -2.26. The molecule has 0 bridgehead atoms. The van der Waals surface area contributed by atoms with Crippen LogP contribution >= 0.6 is 0 Å². The molecule has 0 atom stereocenters. The molecule has 1 heterocycles. The Balaban J connectivity index is 2.01. The lowest BCUT2D eigenvalue weighted by molar-refractivity contribution is -0.401. The Morgan fingerprint density at radius 3 is 2.26 bits per heavy atom. The number of hydrogen-bond acceptors (Lipinski definition) is 5. The van der Waals surface area contributed by atoms with E-state index in [0.717, 1.165) is 11.1 Å². The number of nitro groups is 1. The van der Waals surface area contributed by atoms with E-state index in [1.807, 2.05) is 13.8 Å². The van der Waals surface area contributed by atoms with E-state index in [4.69, 9.17) is 4.42 Å². The van der Waals surface area contributed by atoms with Crippen molar-refractivity contribution >= 4 is 21.6 Å². The number of furan rings is 1. The molecule has 3 aromatic rings. The monoisotopic (exact) mass is 386 g/mol. The largest absolute Gasteiger partial charge is 0.433 e. The van der Waals surface area contributed by atoms with Crippen LogP contribution in [0, 0.1) is 24.0 Å². The zero-order valence-corrected chi connectivity index (χ0v) is 15.9. The molecule has 0 spiro atoms. The van der Waals surface area contributed by atoms with E-state index in [-0.39, 0.29) is 10.8 Å². The van der Waals surface area contributed by atoms with Crippen molar-refractivity contribution in [2.75, 3.05) is 11.4 Å². The first-order valence-corrected chi connectivity index (χ1v) is 9.55. The summed E-state index contributed by atoms with van der Waals surface area (Å²) in [6.45, 7) is 3.71. The SMILES string of the molecule is Cc1ccc(S(=O)(=O)N(C)c2ccc(C)c(-c3ccc([N+](=O)[O-])o3)c2)cc1. The summed E-state index contributed by atoms with van der Waals surface area (Å²) in [7, 11) is -2.27. The van der Waals surface area contributed by atoms with Crippen molar-refractivity contribution < 1.29 is 17.8 Å². The maximum atomic E-state index is 12.9. The molecule has 0 fully saturated rings. The van der Waals surface area contributed by atoms with Crippen molar-refractivity contribution in [3.8, 4) is 11.3 Å². The molecule has 0 aliphatic rings. The summed E-state index contributed by atoms with van der Waals surface area (Å²) in [6, 6.07) is 14.4. The maximum Gasteiger partial charge on any atom is 0.433 e. The lowest BCUT2D eigenvalue weighted by atomic mass is 10.1. The molecule has 0 radical (unpaired) electrons. The molecule has 7 nitrogen and oxygen atoms in total. The van der Waals surface area contributed by atoms with Crippen LogP contribution in [0.1, 0.15) is 11.1 Å². The molecule has 2 aromatic carbocycles. The normalized spacial score (nSPS) is 11.4. The van der Waals surface area contributed by atoms with Gasteiger partial charge in [-0.05, 0) is 49.7 Å². The first-order chi connectivity index (χ1) is 12.7. The predicted molar refractivity (Wildman–Crippen MR) is 102 cm³/mol. The van der Waals surface area contributed by atoms with Crippen LogP contribution < -0.4 is 4.31 Å². The Hall–Kier alpha value is -3.13. The van der Waals surface area contributed by atoms with Crippen molar-refractivity contribution in [1.29, 1.82) is 0 Å². The van der Waals surface area contributed by atoms with E-state index in [9.17, 15) is 18.5 Å². The van der Waals surface area contributed by atoms with Gasteiger partial charge < -0.3 is 4.42 Å². The second-order valence-corrected chi connectivity index (χ2v) is 8.15. The van der Waals surface area contributed by atoms with Gasteiger partial charge in [-0.2, -0.15) is 0 Å². The van der Waals surface area contributed by atoms with Gasteiger partial charge in [0, 0.05) is 12.6 Å². The van der Waals surface area contributed by atoms with Crippen molar-refractivity contribution in [1.82, 2.24) is 0 Å². The summed E-state index contributed by atoms with van der Waals surface area (Å²) in [5.74, 6) is -0.0578.